The number of methoxy groups -OCH3 is 1. The smallest absolute Gasteiger partial charge is 0.335 e. The van der Waals surface area contributed by atoms with E-state index in [0.717, 1.165) is 19.4 Å². The average Bonchev–Trinajstić information content (AvgIpc) is 2.83. The van der Waals surface area contributed by atoms with Crippen LogP contribution in [-0.4, -0.2) is 25.0 Å². The Morgan fingerprint density at radius 1 is 0.914 bits per heavy atom. The molecule has 1 N–H and O–H groups in total. The quantitative estimate of drug-likeness (QED) is 0.287. The number of barbiturate groups is 1. The maximum Gasteiger partial charge on any atom is 0.335 e. The van der Waals surface area contributed by atoms with Gasteiger partial charge in [0, 0.05) is 8.95 Å². The average molecular weight is 600 g/mol. The number of hydrogen-bond acceptors (Lipinski definition) is 5. The first-order valence-corrected chi connectivity index (χ1v) is 12.1. The zero-order valence-corrected chi connectivity index (χ0v) is 22.0. The standard InChI is InChI=1S/C26H20Br2N2O5/c1-15-11-19(28)8-9-21(15)30-25(32)20(24(31)29-26(30)33)12-17-5-10-22(23(13-17)34-2)35-14-16-3-6-18(27)7-4-16/h3-13H,14H2,1-2H3,(H,29,31,33)/b20-12-. The Morgan fingerprint density at radius 3 is 2.31 bits per heavy atom. The first-order chi connectivity index (χ1) is 16.8. The monoisotopic (exact) mass is 598 g/mol. The summed E-state index contributed by atoms with van der Waals surface area (Å²) >= 11 is 6.77. The number of anilines is 1. The fourth-order valence-electron chi connectivity index (χ4n) is 3.55. The summed E-state index contributed by atoms with van der Waals surface area (Å²) in [4.78, 5) is 39.2. The van der Waals surface area contributed by atoms with E-state index in [4.69, 9.17) is 9.47 Å². The molecule has 4 amide bonds. The van der Waals surface area contributed by atoms with Crippen molar-refractivity contribution in [2.75, 3.05) is 12.0 Å². The zero-order valence-electron chi connectivity index (χ0n) is 18.8. The van der Waals surface area contributed by atoms with Crippen LogP contribution in [0.4, 0.5) is 10.5 Å². The third-order valence-electron chi connectivity index (χ3n) is 5.31. The number of ether oxygens (including phenoxy) is 2. The van der Waals surface area contributed by atoms with Crippen LogP contribution in [0, 0.1) is 6.92 Å². The highest BCUT2D eigenvalue weighted by Gasteiger charge is 2.37. The van der Waals surface area contributed by atoms with Crippen molar-refractivity contribution in [1.29, 1.82) is 0 Å². The van der Waals surface area contributed by atoms with Gasteiger partial charge in [-0.25, -0.2) is 9.69 Å². The molecule has 0 atom stereocenters. The first-order valence-electron chi connectivity index (χ1n) is 10.5. The molecule has 1 aliphatic heterocycles. The molecule has 178 valence electrons. The van der Waals surface area contributed by atoms with Crippen LogP contribution in [0.2, 0.25) is 0 Å². The second kappa shape index (κ2) is 10.5. The van der Waals surface area contributed by atoms with Crippen molar-refractivity contribution in [2.45, 2.75) is 13.5 Å². The van der Waals surface area contributed by atoms with E-state index in [-0.39, 0.29) is 5.57 Å². The lowest BCUT2D eigenvalue weighted by molar-refractivity contribution is -0.122. The number of amides is 4. The van der Waals surface area contributed by atoms with Gasteiger partial charge in [-0.15, -0.1) is 0 Å². The van der Waals surface area contributed by atoms with Gasteiger partial charge in [-0.05, 0) is 72.2 Å². The van der Waals surface area contributed by atoms with Crippen LogP contribution in [0.3, 0.4) is 0 Å². The second-order valence-corrected chi connectivity index (χ2v) is 9.55. The number of rotatable bonds is 6. The van der Waals surface area contributed by atoms with Crippen LogP contribution in [0.5, 0.6) is 11.5 Å². The number of carbonyl (C=O) groups excluding carboxylic acids is 3. The minimum absolute atomic E-state index is 0.169. The molecular weight excluding hydrogens is 580 g/mol. The molecule has 1 saturated heterocycles. The van der Waals surface area contributed by atoms with E-state index >= 15 is 0 Å². The Hall–Kier alpha value is -3.43. The second-order valence-electron chi connectivity index (χ2n) is 7.71. The molecule has 1 heterocycles. The molecule has 3 aromatic rings. The van der Waals surface area contributed by atoms with E-state index in [9.17, 15) is 14.4 Å². The molecule has 1 fully saturated rings. The molecule has 0 bridgehead atoms. The fourth-order valence-corrected chi connectivity index (χ4v) is 4.29. The van der Waals surface area contributed by atoms with Gasteiger partial charge in [0.2, 0.25) is 0 Å². The highest BCUT2D eigenvalue weighted by Crippen LogP contribution is 2.31. The van der Waals surface area contributed by atoms with E-state index in [1.165, 1.54) is 13.2 Å². The number of imide groups is 2. The van der Waals surface area contributed by atoms with Gasteiger partial charge in [-0.2, -0.15) is 0 Å². The van der Waals surface area contributed by atoms with E-state index < -0.39 is 17.8 Å². The molecule has 1 aliphatic rings. The van der Waals surface area contributed by atoms with Crippen molar-refractivity contribution in [1.82, 2.24) is 5.32 Å². The maximum absolute atomic E-state index is 13.2. The predicted octanol–water partition coefficient (Wildman–Crippen LogP) is 5.77. The number of halogens is 2. The van der Waals surface area contributed by atoms with Crippen LogP contribution >= 0.6 is 31.9 Å². The molecule has 0 saturated carbocycles. The van der Waals surface area contributed by atoms with Gasteiger partial charge in [-0.3, -0.25) is 14.9 Å². The Kier molecular flexibility index (Phi) is 7.37. The third-order valence-corrected chi connectivity index (χ3v) is 6.33. The van der Waals surface area contributed by atoms with Crippen molar-refractivity contribution < 1.29 is 23.9 Å². The molecule has 7 nitrogen and oxygen atoms in total. The number of carbonyl (C=O) groups is 3. The molecule has 9 heteroatoms. The summed E-state index contributed by atoms with van der Waals surface area (Å²) in [6.45, 7) is 2.12. The first kappa shape index (κ1) is 24.7. The summed E-state index contributed by atoms with van der Waals surface area (Å²) in [7, 11) is 1.51. The van der Waals surface area contributed by atoms with Gasteiger partial charge in [0.25, 0.3) is 11.8 Å². The van der Waals surface area contributed by atoms with Gasteiger partial charge in [0.1, 0.15) is 12.2 Å². The van der Waals surface area contributed by atoms with Crippen LogP contribution in [-0.2, 0) is 16.2 Å². The Bertz CT molecular complexity index is 1350. The Labute approximate surface area is 219 Å². The highest BCUT2D eigenvalue weighted by atomic mass is 79.9. The minimum Gasteiger partial charge on any atom is -0.493 e. The van der Waals surface area contributed by atoms with Gasteiger partial charge in [0.05, 0.1) is 12.8 Å². The lowest BCUT2D eigenvalue weighted by Gasteiger charge is -2.27. The molecule has 0 spiro atoms. The summed E-state index contributed by atoms with van der Waals surface area (Å²) in [5, 5.41) is 2.24. The summed E-state index contributed by atoms with van der Waals surface area (Å²) < 4.78 is 13.1. The number of urea groups is 1. The van der Waals surface area contributed by atoms with Crippen LogP contribution < -0.4 is 19.7 Å². The van der Waals surface area contributed by atoms with Gasteiger partial charge >= 0.3 is 6.03 Å². The fraction of sp³-hybridized carbons (Fsp3) is 0.115. The largest absolute Gasteiger partial charge is 0.493 e. The molecule has 0 aliphatic carbocycles. The lowest BCUT2D eigenvalue weighted by atomic mass is 10.1. The molecule has 4 rings (SSSR count). The molecule has 0 aromatic heterocycles. The predicted molar refractivity (Wildman–Crippen MR) is 139 cm³/mol. The van der Waals surface area contributed by atoms with E-state index in [2.05, 4.69) is 37.2 Å². The SMILES string of the molecule is COc1cc(/C=C2/C(=O)NC(=O)N(c3ccc(Br)cc3C)C2=O)ccc1OCc1ccc(Br)cc1. The number of hydrogen-bond donors (Lipinski definition) is 1. The maximum atomic E-state index is 13.2. The van der Waals surface area contributed by atoms with Crippen molar-refractivity contribution >= 4 is 61.5 Å². The topological polar surface area (TPSA) is 84.9 Å². The zero-order chi connectivity index (χ0) is 25.1. The van der Waals surface area contributed by atoms with Crippen LogP contribution in [0.1, 0.15) is 16.7 Å². The van der Waals surface area contributed by atoms with E-state index in [1.807, 2.05) is 24.3 Å². The van der Waals surface area contributed by atoms with Crippen molar-refractivity contribution in [3.8, 4) is 11.5 Å². The number of aryl methyl sites for hydroxylation is 1. The molecule has 0 radical (unpaired) electrons. The van der Waals surface area contributed by atoms with Gasteiger partial charge in [0.15, 0.2) is 11.5 Å². The van der Waals surface area contributed by atoms with E-state index in [0.29, 0.717) is 34.9 Å². The van der Waals surface area contributed by atoms with Crippen molar-refractivity contribution in [3.05, 3.63) is 91.9 Å². The Morgan fingerprint density at radius 2 is 1.63 bits per heavy atom. The number of benzene rings is 3. The third kappa shape index (κ3) is 5.47. The highest BCUT2D eigenvalue weighted by molar-refractivity contribution is 9.10. The summed E-state index contributed by atoms with van der Waals surface area (Å²) in [5.41, 5.74) is 2.45. The Balaban J connectivity index is 1.60. The van der Waals surface area contributed by atoms with Crippen LogP contribution in [0.25, 0.3) is 6.08 Å². The molecule has 0 unspecified atom stereocenters. The molecule has 3 aromatic carbocycles. The van der Waals surface area contributed by atoms with Crippen LogP contribution in [0.15, 0.2) is 75.2 Å². The number of nitrogens with zero attached hydrogens (tertiary/aromatic N) is 1. The normalized spacial score (nSPS) is 14.8. The van der Waals surface area contributed by atoms with Crippen molar-refractivity contribution in [2.24, 2.45) is 0 Å². The van der Waals surface area contributed by atoms with E-state index in [1.54, 1.807) is 43.3 Å². The van der Waals surface area contributed by atoms with Crippen molar-refractivity contribution in [3.63, 3.8) is 0 Å². The van der Waals surface area contributed by atoms with Gasteiger partial charge in [-0.1, -0.05) is 50.1 Å². The minimum atomic E-state index is -0.795. The molecular formula is C26H20Br2N2O5. The lowest BCUT2D eigenvalue weighted by Crippen LogP contribution is -2.54. The molecule has 35 heavy (non-hydrogen) atoms. The summed E-state index contributed by atoms with van der Waals surface area (Å²) in [6, 6.07) is 17.2. The summed E-state index contributed by atoms with van der Waals surface area (Å²) in [5.74, 6) is -0.518. The summed E-state index contributed by atoms with van der Waals surface area (Å²) in [6.07, 6.45) is 1.42. The number of nitrogens with one attached hydrogen (secondary N) is 1. The van der Waals surface area contributed by atoms with Gasteiger partial charge < -0.3 is 9.47 Å².